The quantitative estimate of drug-likeness (QED) is 0.582. The lowest BCUT2D eigenvalue weighted by Crippen LogP contribution is -2.45. The molecule has 0 unspecified atom stereocenters. The van der Waals surface area contributed by atoms with E-state index in [0.717, 1.165) is 28.3 Å². The molecule has 0 spiro atoms. The summed E-state index contributed by atoms with van der Waals surface area (Å²) in [5.41, 5.74) is 2.56. The normalized spacial score (nSPS) is 21.6. The Kier molecular flexibility index (Phi) is 6.79. The monoisotopic (exact) mass is 430 g/mol. The van der Waals surface area contributed by atoms with Crippen LogP contribution in [0.1, 0.15) is 24.1 Å². The van der Waals surface area contributed by atoms with Crippen molar-refractivity contribution in [2.45, 2.75) is 44.1 Å². The van der Waals surface area contributed by atoms with Crippen LogP contribution in [-0.4, -0.2) is 35.1 Å². The Balaban J connectivity index is 1.31. The standard InChI is InChI=1S/C23H24ClFN2O3/c24-20-4-2-1-3-16(20)13-26-14-23-21(28)10-9-19(29-23)11-18-12-22(30-27-18)15-5-7-17(25)8-6-15/h1-8,12,19,21,23,26,28H,9-11,13-14H2/t19-,21-,23+/m0/s1. The summed E-state index contributed by atoms with van der Waals surface area (Å²) in [7, 11) is 0. The lowest BCUT2D eigenvalue weighted by Gasteiger charge is -2.34. The molecule has 2 N–H and O–H groups in total. The number of aliphatic hydroxyl groups is 1. The van der Waals surface area contributed by atoms with E-state index in [1.54, 1.807) is 12.1 Å². The molecule has 1 aromatic heterocycles. The van der Waals surface area contributed by atoms with Gasteiger partial charge >= 0.3 is 0 Å². The van der Waals surface area contributed by atoms with Crippen LogP contribution in [0.5, 0.6) is 0 Å². The van der Waals surface area contributed by atoms with Gasteiger partial charge in [0.15, 0.2) is 5.76 Å². The first kappa shape index (κ1) is 21.0. The zero-order valence-corrected chi connectivity index (χ0v) is 17.2. The first-order chi connectivity index (χ1) is 14.6. The molecule has 0 saturated carbocycles. The number of benzene rings is 2. The summed E-state index contributed by atoms with van der Waals surface area (Å²) < 4.78 is 24.6. The molecule has 1 fully saturated rings. The van der Waals surface area contributed by atoms with Crippen LogP contribution in [0.3, 0.4) is 0 Å². The molecule has 7 heteroatoms. The minimum Gasteiger partial charge on any atom is -0.390 e. The highest BCUT2D eigenvalue weighted by Gasteiger charge is 2.30. The van der Waals surface area contributed by atoms with E-state index in [9.17, 15) is 9.50 Å². The van der Waals surface area contributed by atoms with Crippen LogP contribution in [0.15, 0.2) is 59.1 Å². The van der Waals surface area contributed by atoms with Crippen LogP contribution in [0.2, 0.25) is 5.02 Å². The number of aromatic nitrogens is 1. The smallest absolute Gasteiger partial charge is 0.167 e. The maximum absolute atomic E-state index is 13.1. The third-order valence-corrected chi connectivity index (χ3v) is 5.69. The first-order valence-corrected chi connectivity index (χ1v) is 10.5. The summed E-state index contributed by atoms with van der Waals surface area (Å²) in [6.07, 6.45) is 1.17. The van der Waals surface area contributed by atoms with Crippen LogP contribution in [0.4, 0.5) is 4.39 Å². The van der Waals surface area contributed by atoms with Crippen LogP contribution < -0.4 is 5.32 Å². The van der Waals surface area contributed by atoms with Gasteiger partial charge in [-0.15, -0.1) is 0 Å². The Hall–Kier alpha value is -2.25. The fourth-order valence-corrected chi connectivity index (χ4v) is 3.87. The van der Waals surface area contributed by atoms with Gasteiger partial charge in [-0.3, -0.25) is 0 Å². The fourth-order valence-electron chi connectivity index (χ4n) is 3.67. The van der Waals surface area contributed by atoms with Crippen molar-refractivity contribution in [1.82, 2.24) is 10.5 Å². The third kappa shape index (κ3) is 5.26. The van der Waals surface area contributed by atoms with Crippen LogP contribution in [-0.2, 0) is 17.7 Å². The maximum Gasteiger partial charge on any atom is 0.167 e. The van der Waals surface area contributed by atoms with Gasteiger partial charge in [-0.2, -0.15) is 0 Å². The largest absolute Gasteiger partial charge is 0.390 e. The average molecular weight is 431 g/mol. The first-order valence-electron chi connectivity index (χ1n) is 10.1. The zero-order chi connectivity index (χ0) is 20.9. The molecule has 3 atom stereocenters. The second-order valence-corrected chi connectivity index (χ2v) is 7.96. The van der Waals surface area contributed by atoms with E-state index in [1.807, 2.05) is 30.3 Å². The zero-order valence-electron chi connectivity index (χ0n) is 16.4. The summed E-state index contributed by atoms with van der Waals surface area (Å²) in [6, 6.07) is 15.6. The van der Waals surface area contributed by atoms with Crippen LogP contribution in [0.25, 0.3) is 11.3 Å². The van der Waals surface area contributed by atoms with Crippen molar-refractivity contribution in [3.63, 3.8) is 0 Å². The molecule has 3 aromatic rings. The second kappa shape index (κ2) is 9.71. The van der Waals surface area contributed by atoms with Gasteiger partial charge in [0.2, 0.25) is 0 Å². The highest BCUT2D eigenvalue weighted by molar-refractivity contribution is 6.31. The lowest BCUT2D eigenvalue weighted by atomic mass is 9.98. The molecular weight excluding hydrogens is 407 g/mol. The topological polar surface area (TPSA) is 67.5 Å². The number of aliphatic hydroxyl groups excluding tert-OH is 1. The minimum atomic E-state index is -0.507. The second-order valence-electron chi connectivity index (χ2n) is 7.56. The Labute approximate surface area is 179 Å². The van der Waals surface area contributed by atoms with Gasteiger partial charge in [-0.25, -0.2) is 4.39 Å². The molecule has 1 aliphatic rings. The molecule has 4 rings (SSSR count). The number of nitrogens with one attached hydrogen (secondary N) is 1. The number of nitrogens with zero attached hydrogens (tertiary/aromatic N) is 1. The number of ether oxygens (including phenoxy) is 1. The molecule has 0 amide bonds. The van der Waals surface area contributed by atoms with E-state index in [4.69, 9.17) is 20.9 Å². The van der Waals surface area contributed by atoms with Crippen molar-refractivity contribution in [2.24, 2.45) is 0 Å². The van der Waals surface area contributed by atoms with Crippen molar-refractivity contribution in [3.8, 4) is 11.3 Å². The number of halogens is 2. The highest BCUT2D eigenvalue weighted by Crippen LogP contribution is 2.25. The molecule has 2 aromatic carbocycles. The third-order valence-electron chi connectivity index (χ3n) is 5.32. The van der Waals surface area contributed by atoms with Gasteiger partial charge in [0.25, 0.3) is 0 Å². The molecule has 0 radical (unpaired) electrons. The van der Waals surface area contributed by atoms with E-state index >= 15 is 0 Å². The van der Waals surface area contributed by atoms with Crippen molar-refractivity contribution < 1.29 is 18.8 Å². The summed E-state index contributed by atoms with van der Waals surface area (Å²) >= 11 is 6.19. The molecule has 158 valence electrons. The molecule has 1 saturated heterocycles. The van der Waals surface area contributed by atoms with Gasteiger partial charge < -0.3 is 19.7 Å². The average Bonchev–Trinajstić information content (AvgIpc) is 3.20. The van der Waals surface area contributed by atoms with E-state index < -0.39 is 6.10 Å². The van der Waals surface area contributed by atoms with Crippen molar-refractivity contribution in [3.05, 3.63) is 76.7 Å². The van der Waals surface area contributed by atoms with Crippen LogP contribution >= 0.6 is 11.6 Å². The Bertz CT molecular complexity index is 963. The molecule has 30 heavy (non-hydrogen) atoms. The van der Waals surface area contributed by atoms with Gasteiger partial charge in [-0.1, -0.05) is 35.0 Å². The van der Waals surface area contributed by atoms with E-state index in [-0.39, 0.29) is 18.0 Å². The Morgan fingerprint density at radius 1 is 1.13 bits per heavy atom. The molecule has 5 nitrogen and oxygen atoms in total. The highest BCUT2D eigenvalue weighted by atomic mass is 35.5. The van der Waals surface area contributed by atoms with E-state index in [2.05, 4.69) is 10.5 Å². The molecule has 0 bridgehead atoms. The Morgan fingerprint density at radius 3 is 2.73 bits per heavy atom. The van der Waals surface area contributed by atoms with Gasteiger partial charge in [0, 0.05) is 36.2 Å². The molecule has 2 heterocycles. The molecule has 0 aliphatic carbocycles. The van der Waals surface area contributed by atoms with Gasteiger partial charge in [-0.05, 0) is 48.7 Å². The number of hydrogen-bond acceptors (Lipinski definition) is 5. The van der Waals surface area contributed by atoms with Gasteiger partial charge in [0.05, 0.1) is 24.0 Å². The molecular formula is C23H24ClFN2O3. The van der Waals surface area contributed by atoms with Gasteiger partial charge in [0.1, 0.15) is 5.82 Å². The predicted octanol–water partition coefficient (Wildman–Crippen LogP) is 4.37. The number of hydrogen-bond donors (Lipinski definition) is 2. The maximum atomic E-state index is 13.1. The summed E-state index contributed by atoms with van der Waals surface area (Å²) in [5.74, 6) is 0.306. The predicted molar refractivity (Wildman–Crippen MR) is 113 cm³/mol. The summed E-state index contributed by atoms with van der Waals surface area (Å²) in [4.78, 5) is 0. The summed E-state index contributed by atoms with van der Waals surface area (Å²) in [5, 5.41) is 18.5. The minimum absolute atomic E-state index is 0.0494. The van der Waals surface area contributed by atoms with Crippen molar-refractivity contribution in [1.29, 1.82) is 0 Å². The van der Waals surface area contributed by atoms with E-state index in [1.165, 1.54) is 12.1 Å². The fraction of sp³-hybridized carbons (Fsp3) is 0.348. The summed E-state index contributed by atoms with van der Waals surface area (Å²) in [6.45, 7) is 1.14. The van der Waals surface area contributed by atoms with Crippen molar-refractivity contribution >= 4 is 11.6 Å². The Morgan fingerprint density at radius 2 is 1.93 bits per heavy atom. The van der Waals surface area contributed by atoms with Crippen molar-refractivity contribution in [2.75, 3.05) is 6.54 Å². The van der Waals surface area contributed by atoms with E-state index in [0.29, 0.717) is 31.7 Å². The lowest BCUT2D eigenvalue weighted by molar-refractivity contribution is -0.115. The van der Waals surface area contributed by atoms with Crippen LogP contribution in [0, 0.1) is 5.82 Å². The molecule has 1 aliphatic heterocycles. The SMILES string of the molecule is O[C@H]1CC[C@@H](Cc2cc(-c3ccc(F)cc3)on2)O[C@@H]1CNCc1ccccc1Cl. The number of rotatable bonds is 7.